The number of primary sulfonamides is 1. The molecule has 4 nitrogen and oxygen atoms in total. The molecule has 0 aliphatic heterocycles. The number of halogens is 2. The van der Waals surface area contributed by atoms with E-state index in [1.54, 1.807) is 6.07 Å². The maximum absolute atomic E-state index is 11.4. The van der Waals surface area contributed by atoms with Crippen LogP contribution in [0.4, 0.5) is 0 Å². The third kappa shape index (κ3) is 2.07. The monoisotopic (exact) mass is 291 g/mol. The second-order valence-corrected chi connectivity index (χ2v) is 5.76. The molecule has 0 unspecified atom stereocenters. The van der Waals surface area contributed by atoms with Crippen LogP contribution in [0, 0.1) is 0 Å². The van der Waals surface area contributed by atoms with Crippen LogP contribution in [0.1, 0.15) is 0 Å². The molecule has 7 heteroatoms. The summed E-state index contributed by atoms with van der Waals surface area (Å²) in [5.41, 5.74) is 0. The van der Waals surface area contributed by atoms with E-state index in [1.807, 2.05) is 0 Å². The fourth-order valence-electron chi connectivity index (χ4n) is 1.59. The lowest BCUT2D eigenvalue weighted by atomic mass is 10.1. The predicted octanol–water partition coefficient (Wildman–Crippen LogP) is 2.50. The van der Waals surface area contributed by atoms with Gasteiger partial charge >= 0.3 is 0 Å². The van der Waals surface area contributed by atoms with E-state index in [0.29, 0.717) is 5.39 Å². The van der Waals surface area contributed by atoms with Crippen LogP contribution >= 0.6 is 23.2 Å². The molecule has 2 aromatic carbocycles. The average Bonchev–Trinajstić information content (AvgIpc) is 2.24. The standard InChI is InChI=1S/C10H7Cl2NO3S/c11-6-4-7(12)10(14)9-5(6)2-1-3-8(9)17(13,15)16/h1-4,14H,(H2,13,15,16). The summed E-state index contributed by atoms with van der Waals surface area (Å²) in [6, 6.07) is 5.68. The van der Waals surface area contributed by atoms with Crippen molar-refractivity contribution >= 4 is 44.0 Å². The zero-order chi connectivity index (χ0) is 12.8. The number of benzene rings is 2. The third-order valence-electron chi connectivity index (χ3n) is 2.31. The van der Waals surface area contributed by atoms with Gasteiger partial charge in [0.05, 0.1) is 14.9 Å². The van der Waals surface area contributed by atoms with Crippen LogP contribution in [0.5, 0.6) is 5.75 Å². The molecule has 2 rings (SSSR count). The molecule has 0 aromatic heterocycles. The predicted molar refractivity (Wildman–Crippen MR) is 67.0 cm³/mol. The molecule has 0 bridgehead atoms. The van der Waals surface area contributed by atoms with Crippen LogP contribution in [0.3, 0.4) is 0 Å². The van der Waals surface area contributed by atoms with Gasteiger partial charge in [-0.1, -0.05) is 35.3 Å². The summed E-state index contributed by atoms with van der Waals surface area (Å²) in [6.07, 6.45) is 0. The number of aromatic hydroxyl groups is 1. The Morgan fingerprint density at radius 3 is 2.41 bits per heavy atom. The molecule has 0 spiro atoms. The molecule has 0 saturated carbocycles. The molecule has 0 saturated heterocycles. The van der Waals surface area contributed by atoms with E-state index < -0.39 is 10.0 Å². The van der Waals surface area contributed by atoms with Gasteiger partial charge in [-0.15, -0.1) is 0 Å². The van der Waals surface area contributed by atoms with Crippen molar-refractivity contribution in [2.75, 3.05) is 0 Å². The first-order chi connectivity index (χ1) is 7.82. The van der Waals surface area contributed by atoms with Gasteiger partial charge in [0.15, 0.2) is 0 Å². The number of hydrogen-bond acceptors (Lipinski definition) is 3. The van der Waals surface area contributed by atoms with E-state index >= 15 is 0 Å². The minimum atomic E-state index is -3.96. The Kier molecular flexibility index (Phi) is 2.95. The second-order valence-electron chi connectivity index (χ2n) is 3.41. The zero-order valence-electron chi connectivity index (χ0n) is 8.31. The smallest absolute Gasteiger partial charge is 0.238 e. The number of fused-ring (bicyclic) bond motifs is 1. The first kappa shape index (κ1) is 12.4. The van der Waals surface area contributed by atoms with Crippen LogP contribution in [-0.2, 0) is 10.0 Å². The van der Waals surface area contributed by atoms with Gasteiger partial charge in [0, 0.05) is 10.8 Å². The number of hydrogen-bond donors (Lipinski definition) is 2. The summed E-state index contributed by atoms with van der Waals surface area (Å²) < 4.78 is 22.8. The lowest BCUT2D eigenvalue weighted by Gasteiger charge is -2.09. The molecule has 0 heterocycles. The highest BCUT2D eigenvalue weighted by atomic mass is 35.5. The molecule has 3 N–H and O–H groups in total. The molecule has 0 atom stereocenters. The van der Waals surface area contributed by atoms with E-state index in [1.165, 1.54) is 18.2 Å². The Bertz CT molecular complexity index is 713. The number of phenolic OH excluding ortho intramolecular Hbond substituents is 1. The molecule has 0 aliphatic rings. The summed E-state index contributed by atoms with van der Waals surface area (Å²) in [5, 5.41) is 15.5. The van der Waals surface area contributed by atoms with Gasteiger partial charge in [-0.05, 0) is 12.1 Å². The highest BCUT2D eigenvalue weighted by molar-refractivity contribution is 7.89. The van der Waals surface area contributed by atoms with Gasteiger partial charge in [-0.3, -0.25) is 0 Å². The highest BCUT2D eigenvalue weighted by Crippen LogP contribution is 2.40. The van der Waals surface area contributed by atoms with E-state index in [4.69, 9.17) is 28.3 Å². The Labute approximate surface area is 108 Å². The van der Waals surface area contributed by atoms with Crippen LogP contribution in [0.2, 0.25) is 10.0 Å². The topological polar surface area (TPSA) is 80.4 Å². The van der Waals surface area contributed by atoms with Crippen LogP contribution in [0.25, 0.3) is 10.8 Å². The average molecular weight is 292 g/mol. The molecule has 17 heavy (non-hydrogen) atoms. The Morgan fingerprint density at radius 2 is 1.82 bits per heavy atom. The van der Waals surface area contributed by atoms with Crippen molar-refractivity contribution < 1.29 is 13.5 Å². The van der Waals surface area contributed by atoms with E-state index in [0.717, 1.165) is 0 Å². The minimum Gasteiger partial charge on any atom is -0.506 e. The molecule has 0 fully saturated rings. The van der Waals surface area contributed by atoms with Crippen molar-refractivity contribution in [3.05, 3.63) is 34.3 Å². The van der Waals surface area contributed by atoms with Gasteiger partial charge in [0.1, 0.15) is 5.75 Å². The molecule has 2 aromatic rings. The van der Waals surface area contributed by atoms with E-state index in [-0.39, 0.29) is 26.1 Å². The summed E-state index contributed by atoms with van der Waals surface area (Å²) in [5.74, 6) is -0.351. The van der Waals surface area contributed by atoms with Crippen molar-refractivity contribution in [1.82, 2.24) is 0 Å². The maximum Gasteiger partial charge on any atom is 0.238 e. The minimum absolute atomic E-state index is 0.0291. The number of phenols is 1. The van der Waals surface area contributed by atoms with Crippen molar-refractivity contribution in [1.29, 1.82) is 0 Å². The number of sulfonamides is 1. The van der Waals surface area contributed by atoms with Gasteiger partial charge in [-0.2, -0.15) is 0 Å². The maximum atomic E-state index is 11.4. The summed E-state index contributed by atoms with van der Waals surface area (Å²) >= 11 is 11.7. The van der Waals surface area contributed by atoms with Crippen LogP contribution < -0.4 is 5.14 Å². The lowest BCUT2D eigenvalue weighted by molar-refractivity contribution is 0.481. The number of nitrogens with two attached hydrogens (primary N) is 1. The Hall–Kier alpha value is -1.01. The molecule has 0 aliphatic carbocycles. The summed E-state index contributed by atoms with van der Waals surface area (Å²) in [4.78, 5) is -0.211. The fourth-order valence-corrected chi connectivity index (χ4v) is 2.87. The van der Waals surface area contributed by atoms with Crippen molar-refractivity contribution in [2.24, 2.45) is 5.14 Å². The fraction of sp³-hybridized carbons (Fsp3) is 0. The first-order valence-corrected chi connectivity index (χ1v) is 6.75. The SMILES string of the molecule is NS(=O)(=O)c1cccc2c(Cl)cc(Cl)c(O)c12. The zero-order valence-corrected chi connectivity index (χ0v) is 10.6. The normalized spacial score (nSPS) is 11.9. The van der Waals surface area contributed by atoms with Gasteiger partial charge in [0.25, 0.3) is 0 Å². The molecular weight excluding hydrogens is 285 g/mol. The van der Waals surface area contributed by atoms with Crippen LogP contribution in [0.15, 0.2) is 29.2 Å². The highest BCUT2D eigenvalue weighted by Gasteiger charge is 2.18. The van der Waals surface area contributed by atoms with Gasteiger partial charge in [-0.25, -0.2) is 13.6 Å². The lowest BCUT2D eigenvalue weighted by Crippen LogP contribution is -2.12. The summed E-state index contributed by atoms with van der Waals surface area (Å²) in [7, 11) is -3.96. The second kappa shape index (κ2) is 4.03. The quantitative estimate of drug-likeness (QED) is 0.847. The Balaban J connectivity index is 3.09. The van der Waals surface area contributed by atoms with E-state index in [9.17, 15) is 13.5 Å². The largest absolute Gasteiger partial charge is 0.506 e. The van der Waals surface area contributed by atoms with Crippen molar-refractivity contribution in [3.63, 3.8) is 0 Å². The van der Waals surface area contributed by atoms with Gasteiger partial charge in [0.2, 0.25) is 10.0 Å². The van der Waals surface area contributed by atoms with Crippen LogP contribution in [-0.4, -0.2) is 13.5 Å². The number of rotatable bonds is 1. The van der Waals surface area contributed by atoms with Gasteiger partial charge < -0.3 is 5.11 Å². The first-order valence-electron chi connectivity index (χ1n) is 4.45. The molecule has 0 radical (unpaired) electrons. The van der Waals surface area contributed by atoms with Crippen molar-refractivity contribution in [2.45, 2.75) is 4.90 Å². The van der Waals surface area contributed by atoms with Crippen molar-refractivity contribution in [3.8, 4) is 5.75 Å². The molecule has 0 amide bonds. The Morgan fingerprint density at radius 1 is 1.18 bits per heavy atom. The third-order valence-corrected chi connectivity index (χ3v) is 3.86. The molecule has 90 valence electrons. The van der Waals surface area contributed by atoms with E-state index in [2.05, 4.69) is 0 Å². The molecular formula is C10H7Cl2NO3S. The summed E-state index contributed by atoms with van der Waals surface area (Å²) in [6.45, 7) is 0.